The number of nitrogens with two attached hydrogens (primary N) is 1. The zero-order valence-corrected chi connectivity index (χ0v) is 14.9. The number of rotatable bonds is 6. The van der Waals surface area contributed by atoms with Gasteiger partial charge in [-0.2, -0.15) is 0 Å². The van der Waals surface area contributed by atoms with Crippen LogP contribution in [0.25, 0.3) is 5.65 Å². The molecule has 0 aliphatic rings. The Kier molecular flexibility index (Phi) is 9.07. The van der Waals surface area contributed by atoms with E-state index in [4.69, 9.17) is 10.5 Å². The summed E-state index contributed by atoms with van der Waals surface area (Å²) in [4.78, 5) is 12.1. The average Bonchev–Trinajstić information content (AvgIpc) is 2.88. The van der Waals surface area contributed by atoms with Crippen LogP contribution in [0.3, 0.4) is 0 Å². The molecule has 130 valence electrons. The molecule has 23 heavy (non-hydrogen) atoms. The van der Waals surface area contributed by atoms with E-state index >= 15 is 0 Å². The van der Waals surface area contributed by atoms with Crippen molar-refractivity contribution in [2.24, 2.45) is 11.7 Å². The largest absolute Gasteiger partial charge is 0.383 e. The van der Waals surface area contributed by atoms with Gasteiger partial charge >= 0.3 is 0 Å². The van der Waals surface area contributed by atoms with Crippen molar-refractivity contribution in [3.63, 3.8) is 0 Å². The number of halogens is 2. The van der Waals surface area contributed by atoms with E-state index in [1.165, 1.54) is 7.11 Å². The van der Waals surface area contributed by atoms with Gasteiger partial charge in [-0.15, -0.1) is 35.0 Å². The minimum atomic E-state index is -0.699. The molecule has 1 amide bonds. The first-order valence-electron chi connectivity index (χ1n) is 6.89. The number of hydrogen-bond acceptors (Lipinski definition) is 5. The number of amides is 1. The van der Waals surface area contributed by atoms with Crippen LogP contribution in [0.4, 0.5) is 0 Å². The van der Waals surface area contributed by atoms with Gasteiger partial charge in [0.25, 0.3) is 0 Å². The first-order valence-corrected chi connectivity index (χ1v) is 6.89. The molecule has 2 heterocycles. The zero-order chi connectivity index (χ0) is 15.4. The van der Waals surface area contributed by atoms with E-state index < -0.39 is 6.04 Å². The highest BCUT2D eigenvalue weighted by Gasteiger charge is 2.25. The summed E-state index contributed by atoms with van der Waals surface area (Å²) in [6.45, 7) is 4.20. The maximum atomic E-state index is 12.1. The first-order chi connectivity index (χ1) is 10.0. The van der Waals surface area contributed by atoms with E-state index in [1.807, 2.05) is 42.6 Å². The third-order valence-electron chi connectivity index (χ3n) is 3.27. The van der Waals surface area contributed by atoms with Crippen molar-refractivity contribution in [3.8, 4) is 0 Å². The van der Waals surface area contributed by atoms with Gasteiger partial charge in [-0.1, -0.05) is 19.9 Å². The van der Waals surface area contributed by atoms with E-state index in [2.05, 4.69) is 15.5 Å². The third-order valence-corrected chi connectivity index (χ3v) is 3.27. The molecule has 0 aliphatic carbocycles. The minimum Gasteiger partial charge on any atom is -0.383 e. The fraction of sp³-hybridized carbons (Fsp3) is 0.500. The molecule has 0 bridgehead atoms. The van der Waals surface area contributed by atoms with Gasteiger partial charge in [0.05, 0.1) is 12.6 Å². The normalized spacial score (nSPS) is 13.1. The van der Waals surface area contributed by atoms with E-state index in [0.717, 1.165) is 5.65 Å². The lowest BCUT2D eigenvalue weighted by atomic mass is 10.0. The van der Waals surface area contributed by atoms with Crippen LogP contribution in [-0.4, -0.2) is 40.3 Å². The van der Waals surface area contributed by atoms with Crippen LogP contribution in [0.5, 0.6) is 0 Å². The third kappa shape index (κ3) is 5.04. The number of carbonyl (C=O) groups excluding carboxylic acids is 1. The summed E-state index contributed by atoms with van der Waals surface area (Å²) in [6.07, 6.45) is 1.88. The highest BCUT2D eigenvalue weighted by Crippen LogP contribution is 2.20. The number of methoxy groups -OCH3 is 1. The van der Waals surface area contributed by atoms with E-state index in [9.17, 15) is 4.79 Å². The molecule has 0 saturated carbocycles. The van der Waals surface area contributed by atoms with E-state index in [1.54, 1.807) is 0 Å². The summed E-state index contributed by atoms with van der Waals surface area (Å²) < 4.78 is 6.78. The lowest BCUT2D eigenvalue weighted by molar-refractivity contribution is -0.124. The Morgan fingerprint density at radius 1 is 1.35 bits per heavy atom. The standard InChI is InChI=1S/C14H21N5O2.2ClH/c1-9(2)12(16-14(20)10(15)8-21-3)13-18-17-11-6-4-5-7-19(11)13;;/h4-7,9-10,12H,8,15H2,1-3H3,(H,16,20);2*1H. The van der Waals surface area contributed by atoms with Gasteiger partial charge in [-0.25, -0.2) is 0 Å². The number of ether oxygens (including phenoxy) is 1. The van der Waals surface area contributed by atoms with Crippen molar-refractivity contribution in [3.05, 3.63) is 30.2 Å². The summed E-state index contributed by atoms with van der Waals surface area (Å²) >= 11 is 0. The summed E-state index contributed by atoms with van der Waals surface area (Å²) in [5, 5.41) is 11.2. The molecule has 2 atom stereocenters. The lowest BCUT2D eigenvalue weighted by Gasteiger charge is -2.22. The van der Waals surface area contributed by atoms with Crippen LogP contribution in [0.15, 0.2) is 24.4 Å². The summed E-state index contributed by atoms with van der Waals surface area (Å²) in [6, 6.07) is 4.70. The Morgan fingerprint density at radius 3 is 2.65 bits per heavy atom. The Morgan fingerprint density at radius 2 is 2.04 bits per heavy atom. The predicted octanol–water partition coefficient (Wildman–Crippen LogP) is 1.36. The molecule has 3 N–H and O–H groups in total. The van der Waals surface area contributed by atoms with Crippen molar-refractivity contribution in [1.29, 1.82) is 0 Å². The second-order valence-corrected chi connectivity index (χ2v) is 5.28. The Labute approximate surface area is 147 Å². The molecule has 0 aliphatic heterocycles. The fourth-order valence-corrected chi connectivity index (χ4v) is 2.12. The van der Waals surface area contributed by atoms with E-state index in [0.29, 0.717) is 5.82 Å². The number of pyridine rings is 1. The smallest absolute Gasteiger partial charge is 0.239 e. The van der Waals surface area contributed by atoms with Gasteiger partial charge in [-0.05, 0) is 18.1 Å². The van der Waals surface area contributed by atoms with Crippen molar-refractivity contribution in [2.45, 2.75) is 25.9 Å². The molecule has 7 nitrogen and oxygen atoms in total. The average molecular weight is 364 g/mol. The molecule has 0 spiro atoms. The summed E-state index contributed by atoms with van der Waals surface area (Å²) in [7, 11) is 1.51. The lowest BCUT2D eigenvalue weighted by Crippen LogP contribution is -2.46. The van der Waals surface area contributed by atoms with Crippen LogP contribution in [0.1, 0.15) is 25.7 Å². The zero-order valence-electron chi connectivity index (χ0n) is 13.3. The number of fused-ring (bicyclic) bond motifs is 1. The molecular formula is C14H23Cl2N5O2. The SMILES string of the molecule is COCC(N)C(=O)NC(c1nnc2ccccn12)C(C)C.Cl.Cl. The monoisotopic (exact) mass is 363 g/mol. The number of aromatic nitrogens is 3. The number of nitrogens with zero attached hydrogens (tertiary/aromatic N) is 3. The summed E-state index contributed by atoms with van der Waals surface area (Å²) in [5.74, 6) is 0.582. The van der Waals surface area contributed by atoms with Crippen LogP contribution in [-0.2, 0) is 9.53 Å². The summed E-state index contributed by atoms with van der Waals surface area (Å²) in [5.41, 5.74) is 6.51. The maximum absolute atomic E-state index is 12.1. The predicted molar refractivity (Wildman–Crippen MR) is 93.1 cm³/mol. The van der Waals surface area contributed by atoms with Crippen LogP contribution < -0.4 is 11.1 Å². The van der Waals surface area contributed by atoms with Gasteiger partial charge in [0.15, 0.2) is 11.5 Å². The van der Waals surface area contributed by atoms with Crippen LogP contribution in [0.2, 0.25) is 0 Å². The Balaban J connectivity index is 0.00000242. The Hall–Kier alpha value is -1.41. The molecule has 0 radical (unpaired) electrons. The second-order valence-electron chi connectivity index (χ2n) is 5.28. The van der Waals surface area contributed by atoms with Gasteiger partial charge in [0.1, 0.15) is 6.04 Å². The molecule has 2 aromatic rings. The molecule has 9 heteroatoms. The van der Waals surface area contributed by atoms with Gasteiger partial charge in [-0.3, -0.25) is 9.20 Å². The van der Waals surface area contributed by atoms with Crippen molar-refractivity contribution in [1.82, 2.24) is 19.9 Å². The van der Waals surface area contributed by atoms with Crippen molar-refractivity contribution in [2.75, 3.05) is 13.7 Å². The molecule has 0 saturated heterocycles. The molecule has 2 aromatic heterocycles. The van der Waals surface area contributed by atoms with Gasteiger partial charge in [0, 0.05) is 13.3 Å². The van der Waals surface area contributed by atoms with Crippen molar-refractivity contribution < 1.29 is 9.53 Å². The molecule has 0 fully saturated rings. The number of nitrogens with one attached hydrogen (secondary N) is 1. The molecular weight excluding hydrogens is 341 g/mol. The minimum absolute atomic E-state index is 0. The van der Waals surface area contributed by atoms with Gasteiger partial charge < -0.3 is 15.8 Å². The number of carbonyl (C=O) groups is 1. The highest BCUT2D eigenvalue weighted by atomic mass is 35.5. The van der Waals surface area contributed by atoms with Gasteiger partial charge in [0.2, 0.25) is 5.91 Å². The number of hydrogen-bond donors (Lipinski definition) is 2. The Bertz CT molecular complexity index is 620. The van der Waals surface area contributed by atoms with E-state index in [-0.39, 0.29) is 49.3 Å². The van der Waals surface area contributed by atoms with Crippen molar-refractivity contribution >= 4 is 36.4 Å². The van der Waals surface area contributed by atoms with Crippen LogP contribution in [0, 0.1) is 5.92 Å². The van der Waals surface area contributed by atoms with Crippen LogP contribution >= 0.6 is 24.8 Å². The molecule has 0 aromatic carbocycles. The molecule has 2 rings (SSSR count). The fourth-order valence-electron chi connectivity index (χ4n) is 2.12. The molecule has 2 unspecified atom stereocenters. The first kappa shape index (κ1) is 21.6. The maximum Gasteiger partial charge on any atom is 0.239 e. The second kappa shape index (κ2) is 9.67. The quantitative estimate of drug-likeness (QED) is 0.807. The highest BCUT2D eigenvalue weighted by molar-refractivity contribution is 5.85. The topological polar surface area (TPSA) is 94.5 Å².